The summed E-state index contributed by atoms with van der Waals surface area (Å²) < 4.78 is 13.7. The Balaban J connectivity index is 2.13. The van der Waals surface area contributed by atoms with Gasteiger partial charge in [0.1, 0.15) is 0 Å². The summed E-state index contributed by atoms with van der Waals surface area (Å²) in [6.07, 6.45) is 4.13. The highest BCUT2D eigenvalue weighted by Crippen LogP contribution is 2.38. The topological polar surface area (TPSA) is 75.6 Å². The first kappa shape index (κ1) is 12.2. The third-order valence-electron chi connectivity index (χ3n) is 3.76. The van der Waals surface area contributed by atoms with Crippen molar-refractivity contribution in [3.63, 3.8) is 0 Å². The molecule has 2 amide bonds. The summed E-state index contributed by atoms with van der Waals surface area (Å²) >= 11 is 0. The van der Waals surface area contributed by atoms with Gasteiger partial charge in [0.2, 0.25) is 0 Å². The monoisotopic (exact) mass is 272 g/mol. The van der Waals surface area contributed by atoms with E-state index in [0.717, 1.165) is 36.8 Å². The fourth-order valence-electron chi connectivity index (χ4n) is 3.01. The minimum Gasteiger partial charge on any atom is -0.305 e. The minimum absolute atomic E-state index is 0.0737. The van der Waals surface area contributed by atoms with E-state index in [4.69, 9.17) is 0 Å². The van der Waals surface area contributed by atoms with Crippen LogP contribution in [-0.4, -0.2) is 21.0 Å². The van der Waals surface area contributed by atoms with Gasteiger partial charge in [0.25, 0.3) is 0 Å². The standard InChI is InChI=1S/C13H12N2O3Si/c16-10-5-4-8-6-7-2-1-3-9(7)12(11(8)10)14-13(17)15-19-18/h6H,1-5H2,(H,14,17). The van der Waals surface area contributed by atoms with Gasteiger partial charge < -0.3 is 9.78 Å². The van der Waals surface area contributed by atoms with Crippen molar-refractivity contribution in [1.29, 1.82) is 0 Å². The van der Waals surface area contributed by atoms with E-state index in [1.807, 2.05) is 0 Å². The Bertz CT molecular complexity index is 648. The number of nitrogens with one attached hydrogen (secondary N) is 1. The molecule has 0 radical (unpaired) electrons. The van der Waals surface area contributed by atoms with Crippen LogP contribution in [-0.2, 0) is 23.7 Å². The first-order valence-corrected chi connectivity index (χ1v) is 7.16. The zero-order valence-corrected chi connectivity index (χ0v) is 11.3. The van der Waals surface area contributed by atoms with E-state index in [-0.39, 0.29) is 5.78 Å². The third kappa shape index (κ3) is 2.01. The van der Waals surface area contributed by atoms with E-state index in [9.17, 15) is 14.1 Å². The first-order valence-electron chi connectivity index (χ1n) is 6.30. The molecule has 0 saturated heterocycles. The van der Waals surface area contributed by atoms with Crippen LogP contribution in [0.1, 0.15) is 39.9 Å². The highest BCUT2D eigenvalue weighted by Gasteiger charge is 2.29. The number of carbonyl (C=O) groups is 2. The van der Waals surface area contributed by atoms with E-state index in [1.54, 1.807) is 0 Å². The van der Waals surface area contributed by atoms with Crippen molar-refractivity contribution < 1.29 is 14.1 Å². The summed E-state index contributed by atoms with van der Waals surface area (Å²) in [6.45, 7) is 0. The number of Topliss-reactive ketones (excluding diaryl/α,β-unsaturated/α-hetero) is 1. The Hall–Kier alpha value is -1.82. The smallest absolute Gasteiger partial charge is 0.305 e. The van der Waals surface area contributed by atoms with Crippen LogP contribution in [0.15, 0.2) is 10.7 Å². The molecule has 19 heavy (non-hydrogen) atoms. The number of ketones is 1. The van der Waals surface area contributed by atoms with E-state index >= 15 is 0 Å². The second-order valence-corrected chi connectivity index (χ2v) is 5.24. The lowest BCUT2D eigenvalue weighted by atomic mass is 9.98. The molecule has 6 heteroatoms. The summed E-state index contributed by atoms with van der Waals surface area (Å²) in [7, 11) is -1.02. The molecule has 0 unspecified atom stereocenters. The van der Waals surface area contributed by atoms with Crippen LogP contribution < -0.4 is 5.32 Å². The maximum Gasteiger partial charge on any atom is 0.398 e. The molecule has 1 aromatic carbocycles. The molecule has 5 nitrogen and oxygen atoms in total. The SMILES string of the molecule is O=[Si]=NC(=O)Nc1c2c(cc3c1C(=O)CC3)CCC2. The molecule has 1 N–H and O–H groups in total. The predicted molar refractivity (Wildman–Crippen MR) is 69.0 cm³/mol. The van der Waals surface area contributed by atoms with Crippen molar-refractivity contribution in [2.45, 2.75) is 32.1 Å². The molecular weight excluding hydrogens is 260 g/mol. The molecule has 0 heterocycles. The maximum atomic E-state index is 12.0. The maximum absolute atomic E-state index is 12.0. The molecule has 0 saturated carbocycles. The number of aryl methyl sites for hydroxylation is 2. The lowest BCUT2D eigenvalue weighted by Gasteiger charge is -2.13. The van der Waals surface area contributed by atoms with Gasteiger partial charge in [0.15, 0.2) is 5.78 Å². The highest BCUT2D eigenvalue weighted by atomic mass is 28.2. The van der Waals surface area contributed by atoms with Crippen LogP contribution in [0, 0.1) is 0 Å². The normalized spacial score (nSPS) is 15.7. The zero-order valence-electron chi connectivity index (χ0n) is 10.3. The summed E-state index contributed by atoms with van der Waals surface area (Å²) in [5.41, 5.74) is 4.53. The van der Waals surface area contributed by atoms with Crippen molar-refractivity contribution in [3.05, 3.63) is 28.3 Å². The Kier molecular flexibility index (Phi) is 3.02. The van der Waals surface area contributed by atoms with Crippen LogP contribution in [0.5, 0.6) is 0 Å². The second kappa shape index (κ2) is 4.69. The Morgan fingerprint density at radius 3 is 2.84 bits per heavy atom. The molecule has 0 atom stereocenters. The Morgan fingerprint density at radius 2 is 2.05 bits per heavy atom. The minimum atomic E-state index is -1.02. The van der Waals surface area contributed by atoms with Gasteiger partial charge >= 0.3 is 15.2 Å². The van der Waals surface area contributed by atoms with E-state index in [0.29, 0.717) is 17.7 Å². The Labute approximate surface area is 112 Å². The molecule has 1 aromatic rings. The fraction of sp³-hybridized carbons (Fsp3) is 0.385. The zero-order chi connectivity index (χ0) is 13.4. The van der Waals surface area contributed by atoms with Crippen LogP contribution in [0.4, 0.5) is 10.5 Å². The molecule has 0 fully saturated rings. The van der Waals surface area contributed by atoms with Gasteiger partial charge in [-0.2, -0.15) is 4.63 Å². The van der Waals surface area contributed by atoms with Gasteiger partial charge in [-0.3, -0.25) is 4.79 Å². The molecule has 0 aromatic heterocycles. The summed E-state index contributed by atoms with van der Waals surface area (Å²) in [5.74, 6) is 0.0737. The number of amides is 2. The van der Waals surface area contributed by atoms with E-state index < -0.39 is 15.2 Å². The molecular formula is C13H12N2O3Si. The average Bonchev–Trinajstić information content (AvgIpc) is 2.97. The lowest BCUT2D eigenvalue weighted by molar-refractivity contribution is 0.0995. The third-order valence-corrected chi connectivity index (χ3v) is 4.06. The van der Waals surface area contributed by atoms with Crippen LogP contribution >= 0.6 is 0 Å². The lowest BCUT2D eigenvalue weighted by Crippen LogP contribution is -2.12. The van der Waals surface area contributed by atoms with Gasteiger partial charge in [-0.05, 0) is 42.4 Å². The van der Waals surface area contributed by atoms with Crippen LogP contribution in [0.2, 0.25) is 0 Å². The Morgan fingerprint density at radius 1 is 1.21 bits per heavy atom. The van der Waals surface area contributed by atoms with Crippen LogP contribution in [0.25, 0.3) is 0 Å². The van der Waals surface area contributed by atoms with E-state index in [1.165, 1.54) is 5.56 Å². The number of carbonyl (C=O) groups excluding carboxylic acids is 2. The largest absolute Gasteiger partial charge is 0.398 e. The van der Waals surface area contributed by atoms with Gasteiger partial charge in [-0.25, -0.2) is 4.79 Å². The second-order valence-electron chi connectivity index (χ2n) is 4.83. The fourth-order valence-corrected chi connectivity index (χ4v) is 3.15. The number of benzene rings is 1. The summed E-state index contributed by atoms with van der Waals surface area (Å²) in [4.78, 5) is 23.5. The first-order chi connectivity index (χ1) is 9.20. The van der Waals surface area contributed by atoms with Crippen molar-refractivity contribution in [1.82, 2.24) is 0 Å². The summed E-state index contributed by atoms with van der Waals surface area (Å²) in [6, 6.07) is 1.46. The van der Waals surface area contributed by atoms with Crippen molar-refractivity contribution in [3.8, 4) is 0 Å². The number of urea groups is 1. The molecule has 0 aliphatic heterocycles. The number of rotatable bonds is 1. The molecule has 2 aliphatic carbocycles. The summed E-state index contributed by atoms with van der Waals surface area (Å²) in [5, 5.41) is 2.65. The van der Waals surface area contributed by atoms with E-state index in [2.05, 4.69) is 16.0 Å². The van der Waals surface area contributed by atoms with Gasteiger partial charge in [-0.1, -0.05) is 6.07 Å². The number of nitrogens with zero attached hydrogens (tertiary/aromatic N) is 1. The van der Waals surface area contributed by atoms with Gasteiger partial charge in [0.05, 0.1) is 5.69 Å². The predicted octanol–water partition coefficient (Wildman–Crippen LogP) is 2.07. The average molecular weight is 272 g/mol. The molecule has 2 aliphatic rings. The quantitative estimate of drug-likeness (QED) is 0.795. The van der Waals surface area contributed by atoms with Crippen molar-refractivity contribution in [2.75, 3.05) is 5.32 Å². The molecule has 96 valence electrons. The number of fused-ring (bicyclic) bond motifs is 2. The number of anilines is 1. The highest BCUT2D eigenvalue weighted by molar-refractivity contribution is 6.13. The van der Waals surface area contributed by atoms with Gasteiger partial charge in [0, 0.05) is 12.0 Å². The van der Waals surface area contributed by atoms with Crippen molar-refractivity contribution >= 4 is 26.7 Å². The van der Waals surface area contributed by atoms with Crippen molar-refractivity contribution in [2.24, 2.45) is 4.63 Å². The molecule has 0 spiro atoms. The molecule has 0 bridgehead atoms. The van der Waals surface area contributed by atoms with Crippen LogP contribution in [0.3, 0.4) is 0 Å². The van der Waals surface area contributed by atoms with Gasteiger partial charge in [-0.15, -0.1) is 0 Å². The molecule has 3 rings (SSSR count). The number of hydrogen-bond acceptors (Lipinski definition) is 3. The number of hydrogen-bond donors (Lipinski definition) is 1.